The van der Waals surface area contributed by atoms with Crippen LogP contribution in [0.5, 0.6) is 0 Å². The number of para-hydroxylation sites is 4. The maximum Gasteiger partial charge on any atom is 0.252 e. The molecule has 3 aromatic heterocycles. The Kier molecular flexibility index (Phi) is 12.3. The Morgan fingerprint density at radius 1 is 0.541 bits per heavy atom. The number of furan rings is 2. The zero-order valence-electron chi connectivity index (χ0n) is 50.8. The fourth-order valence-corrected chi connectivity index (χ4v) is 14.1. The van der Waals surface area contributed by atoms with Crippen molar-refractivity contribution >= 4 is 125 Å². The van der Waals surface area contributed by atoms with Crippen molar-refractivity contribution in [2.45, 2.75) is 87.0 Å². The summed E-state index contributed by atoms with van der Waals surface area (Å²) in [6.07, 6.45) is 8.38. The highest BCUT2D eigenvalue weighted by Gasteiger charge is 2.45. The van der Waals surface area contributed by atoms with E-state index in [1.54, 1.807) is 0 Å². The number of aromatic nitrogens is 1. The molecule has 0 bridgehead atoms. The molecule has 0 amide bonds. The van der Waals surface area contributed by atoms with Crippen LogP contribution in [-0.2, 0) is 10.8 Å². The topological polar surface area (TPSA) is 37.7 Å². The fraction of sp³-hybridized carbons (Fsp3) is 0.165. The quantitative estimate of drug-likeness (QED) is 0.142. The van der Waals surface area contributed by atoms with E-state index in [4.69, 9.17) is 8.83 Å². The standard InChI is InChI=1S/C79H70BN3O2/c1-15-24-59-62-44-64-68(45-66(62)82(65(59)17-3)74-46(4)25-22-26-47(74)5)81(55-36-33-51(34-37-55)56(16-2)76-50(8)57-27-18-20-31-71(57)84-76)69-42-54(79(12,13)14)43-70-73(69)80(64)63-38-35-53(78(9,10)11)41-67(63)83(70)75-48(6)39-52(40-49(75)7)58-29-23-30-61-60-28-19-21-32-72(60)85-77(58)61/h15-45H,2-3,8H2,1,4-7,9-14H3/b24-15-,76-56-. The molecule has 0 spiro atoms. The molecule has 12 aromatic rings. The van der Waals surface area contributed by atoms with Gasteiger partial charge in [-0.1, -0.05) is 183 Å². The third-order valence-corrected chi connectivity index (χ3v) is 18.2. The van der Waals surface area contributed by atoms with E-state index >= 15 is 0 Å². The lowest BCUT2D eigenvalue weighted by Crippen LogP contribution is -2.61. The van der Waals surface area contributed by atoms with Gasteiger partial charge in [-0.05, 0) is 173 Å². The first-order chi connectivity index (χ1) is 40.9. The van der Waals surface area contributed by atoms with Gasteiger partial charge in [0.2, 0.25) is 0 Å². The lowest BCUT2D eigenvalue weighted by atomic mass is 9.33. The van der Waals surface area contributed by atoms with E-state index < -0.39 is 0 Å². The summed E-state index contributed by atoms with van der Waals surface area (Å²) in [6.45, 7) is 38.4. The van der Waals surface area contributed by atoms with E-state index in [9.17, 15) is 0 Å². The summed E-state index contributed by atoms with van der Waals surface area (Å²) in [5.74, 6) is 0. The summed E-state index contributed by atoms with van der Waals surface area (Å²) in [6, 6.07) is 60.7. The normalized spacial score (nSPS) is 13.6. The number of aryl methyl sites for hydroxylation is 4. The maximum absolute atomic E-state index is 6.68. The molecule has 5 heterocycles. The van der Waals surface area contributed by atoms with Gasteiger partial charge in [-0.2, -0.15) is 0 Å². The van der Waals surface area contributed by atoms with E-state index in [1.807, 2.05) is 36.4 Å². The Labute approximate surface area is 499 Å². The second-order valence-corrected chi connectivity index (χ2v) is 25.6. The second-order valence-electron chi connectivity index (χ2n) is 25.6. The van der Waals surface area contributed by atoms with Crippen LogP contribution in [0.1, 0.15) is 98.7 Å². The third-order valence-electron chi connectivity index (χ3n) is 18.2. The summed E-state index contributed by atoms with van der Waals surface area (Å²) in [4.78, 5) is 5.18. The molecule has 85 heavy (non-hydrogen) atoms. The number of anilines is 6. The van der Waals surface area contributed by atoms with Crippen molar-refractivity contribution in [3.63, 3.8) is 0 Å². The van der Waals surface area contributed by atoms with E-state index in [0.29, 0.717) is 0 Å². The van der Waals surface area contributed by atoms with Crippen molar-refractivity contribution in [3.8, 4) is 16.8 Å². The zero-order valence-corrected chi connectivity index (χ0v) is 50.8. The Morgan fingerprint density at radius 2 is 1.15 bits per heavy atom. The minimum atomic E-state index is -0.233. The summed E-state index contributed by atoms with van der Waals surface area (Å²) < 4.78 is 15.7. The van der Waals surface area contributed by atoms with Gasteiger partial charge in [-0.25, -0.2) is 0 Å². The van der Waals surface area contributed by atoms with E-state index in [1.165, 1.54) is 77.9 Å². The summed E-state index contributed by atoms with van der Waals surface area (Å²) in [5, 5.41) is 5.28. The van der Waals surface area contributed by atoms with Gasteiger partial charge < -0.3 is 23.2 Å². The highest BCUT2D eigenvalue weighted by atomic mass is 16.3. The molecule has 6 heteroatoms. The largest absolute Gasteiger partial charge is 0.455 e. The number of fused-ring (bicyclic) bond motifs is 9. The Balaban J connectivity index is 1.08. The molecular weight excluding hydrogens is 1030 g/mol. The van der Waals surface area contributed by atoms with Gasteiger partial charge in [0.1, 0.15) is 22.2 Å². The lowest BCUT2D eigenvalue weighted by molar-refractivity contribution is 0.573. The van der Waals surface area contributed by atoms with Crippen LogP contribution in [0.3, 0.4) is 0 Å². The van der Waals surface area contributed by atoms with Crippen LogP contribution in [-0.4, -0.2) is 11.3 Å². The Morgan fingerprint density at radius 3 is 1.80 bits per heavy atom. The lowest BCUT2D eigenvalue weighted by Gasteiger charge is -2.46. The van der Waals surface area contributed by atoms with Gasteiger partial charge in [0.15, 0.2) is 0 Å². The maximum atomic E-state index is 6.68. The molecule has 5 nitrogen and oxygen atoms in total. The summed E-state index contributed by atoms with van der Waals surface area (Å²) >= 11 is 0. The third kappa shape index (κ3) is 8.20. The van der Waals surface area contributed by atoms with E-state index in [0.717, 1.165) is 99.6 Å². The number of hydrogen-bond donors (Lipinski definition) is 0. The van der Waals surface area contributed by atoms with E-state index in [2.05, 4.69) is 262 Å². The molecule has 9 aromatic carbocycles. The molecule has 416 valence electrons. The van der Waals surface area contributed by atoms with Gasteiger partial charge in [-0.3, -0.25) is 0 Å². The van der Waals surface area contributed by atoms with Crippen LogP contribution < -0.4 is 36.8 Å². The average molecular weight is 1100 g/mol. The zero-order chi connectivity index (χ0) is 59.1. The number of rotatable bonds is 8. The second kappa shape index (κ2) is 19.5. The van der Waals surface area contributed by atoms with Crippen LogP contribution >= 0.6 is 0 Å². The van der Waals surface area contributed by atoms with Crippen LogP contribution in [0.25, 0.3) is 84.9 Å². The van der Waals surface area contributed by atoms with E-state index in [-0.39, 0.29) is 17.5 Å². The minimum absolute atomic E-state index is 0.125. The van der Waals surface area contributed by atoms with Gasteiger partial charge in [0, 0.05) is 71.9 Å². The molecule has 14 rings (SSSR count). The number of hydrogen-bond acceptors (Lipinski definition) is 4. The summed E-state index contributed by atoms with van der Waals surface area (Å²) in [5.41, 5.74) is 29.5. The molecule has 0 N–H and O–H groups in total. The molecule has 0 aliphatic carbocycles. The molecule has 0 radical (unpaired) electrons. The van der Waals surface area contributed by atoms with Gasteiger partial charge in [-0.15, -0.1) is 0 Å². The van der Waals surface area contributed by atoms with Crippen molar-refractivity contribution in [2.75, 3.05) is 9.80 Å². The molecular formula is C79H70BN3O2. The van der Waals surface area contributed by atoms with Crippen LogP contribution in [0.4, 0.5) is 34.1 Å². The van der Waals surface area contributed by atoms with Crippen LogP contribution in [0, 0.1) is 27.7 Å². The van der Waals surface area contributed by atoms with Gasteiger partial charge in [0.25, 0.3) is 6.71 Å². The van der Waals surface area contributed by atoms with Crippen molar-refractivity contribution < 1.29 is 8.83 Å². The van der Waals surface area contributed by atoms with Gasteiger partial charge in [0.05, 0.1) is 22.6 Å². The van der Waals surface area contributed by atoms with Crippen molar-refractivity contribution in [1.29, 1.82) is 0 Å². The molecule has 0 fully saturated rings. The van der Waals surface area contributed by atoms with Crippen molar-refractivity contribution in [3.05, 3.63) is 250 Å². The molecule has 0 unspecified atom stereocenters. The first-order valence-corrected chi connectivity index (χ1v) is 29.8. The minimum Gasteiger partial charge on any atom is -0.455 e. The monoisotopic (exact) mass is 1100 g/mol. The van der Waals surface area contributed by atoms with Crippen molar-refractivity contribution in [1.82, 2.24) is 4.57 Å². The van der Waals surface area contributed by atoms with Crippen LogP contribution in [0.2, 0.25) is 0 Å². The highest BCUT2D eigenvalue weighted by molar-refractivity contribution is 7.00. The molecule has 2 aliphatic heterocycles. The van der Waals surface area contributed by atoms with Gasteiger partial charge >= 0.3 is 0 Å². The number of nitrogens with zero attached hydrogens (tertiary/aromatic N) is 3. The molecule has 0 atom stereocenters. The predicted molar refractivity (Wildman–Crippen MR) is 365 cm³/mol. The first kappa shape index (κ1) is 53.5. The smallest absolute Gasteiger partial charge is 0.252 e. The Hall–Kier alpha value is -9.52. The SMILES string of the molecule is C=C/C(c1ccc(N2c3cc4c(cc3B3c5ccc(C(C)(C)C)cc5N(c5c(C)cc(-c6cccc7c6oc6ccccc67)cc5C)c5cc(C(C)(C)C)cc2c53)c(/C=C\C)c(C=C)n4-c2c(C)cccc2C)cc1)=c1/oc2ccccc2c1=C. The molecule has 0 saturated heterocycles. The predicted octanol–water partition coefficient (Wildman–Crippen LogP) is 18.3. The number of allylic oxidation sites excluding steroid dienone is 2. The van der Waals surface area contributed by atoms with Crippen molar-refractivity contribution in [2.24, 2.45) is 0 Å². The average Bonchev–Trinajstić information content (AvgIpc) is 1.23. The number of benzene rings is 9. The molecule has 2 aliphatic rings. The first-order valence-electron chi connectivity index (χ1n) is 29.8. The molecule has 0 saturated carbocycles. The van der Waals surface area contributed by atoms with Crippen LogP contribution in [0.15, 0.2) is 198 Å². The fourth-order valence-electron chi connectivity index (χ4n) is 14.1. The highest BCUT2D eigenvalue weighted by Crippen LogP contribution is 2.50. The Bertz CT molecular complexity index is 4940. The summed E-state index contributed by atoms with van der Waals surface area (Å²) in [7, 11) is 0.